The molecule has 1 heterocycles. The maximum absolute atomic E-state index is 13.8. The molecule has 3 rings (SSSR count). The zero-order valence-corrected chi connectivity index (χ0v) is 12.4. The predicted molar refractivity (Wildman–Crippen MR) is 79.8 cm³/mol. The highest BCUT2D eigenvalue weighted by Crippen LogP contribution is 2.30. The van der Waals surface area contributed by atoms with E-state index < -0.39 is 11.9 Å². The molecular weight excluding hydrogens is 291 g/mol. The Bertz CT molecular complexity index is 602. The molecule has 0 aliphatic heterocycles. The van der Waals surface area contributed by atoms with Crippen LogP contribution in [0.2, 0.25) is 5.02 Å². The van der Waals surface area contributed by atoms with Crippen molar-refractivity contribution in [2.75, 3.05) is 0 Å². The smallest absolute Gasteiger partial charge is 0.130 e. The summed E-state index contributed by atoms with van der Waals surface area (Å²) in [6.45, 7) is 0. The summed E-state index contributed by atoms with van der Waals surface area (Å²) in [6, 6.07) is 6.77. The molecular formula is C16H18ClFN2O. The Kier molecular flexibility index (Phi) is 4.27. The molecule has 112 valence electrons. The van der Waals surface area contributed by atoms with Crippen LogP contribution >= 0.6 is 11.6 Å². The van der Waals surface area contributed by atoms with Gasteiger partial charge in [0.15, 0.2) is 0 Å². The van der Waals surface area contributed by atoms with Crippen LogP contribution in [0, 0.1) is 5.82 Å². The van der Waals surface area contributed by atoms with Gasteiger partial charge in [-0.3, -0.25) is 4.68 Å². The highest BCUT2D eigenvalue weighted by molar-refractivity contribution is 6.31. The minimum Gasteiger partial charge on any atom is -0.388 e. The fraction of sp³-hybridized carbons (Fsp3) is 0.438. The first kappa shape index (κ1) is 14.5. The van der Waals surface area contributed by atoms with E-state index >= 15 is 0 Å². The van der Waals surface area contributed by atoms with Gasteiger partial charge in [-0.05, 0) is 31.0 Å². The molecule has 1 saturated carbocycles. The van der Waals surface area contributed by atoms with E-state index in [-0.39, 0.29) is 17.0 Å². The van der Waals surface area contributed by atoms with Crippen molar-refractivity contribution in [1.82, 2.24) is 9.78 Å². The Labute approximate surface area is 128 Å². The molecule has 1 aromatic heterocycles. The second-order valence-corrected chi connectivity index (χ2v) is 5.99. The maximum Gasteiger partial charge on any atom is 0.130 e. The number of hydrogen-bond acceptors (Lipinski definition) is 2. The lowest BCUT2D eigenvalue weighted by Gasteiger charge is -2.13. The highest BCUT2D eigenvalue weighted by Gasteiger charge is 2.20. The zero-order chi connectivity index (χ0) is 14.8. The quantitative estimate of drug-likeness (QED) is 0.924. The van der Waals surface area contributed by atoms with Crippen LogP contribution < -0.4 is 0 Å². The van der Waals surface area contributed by atoms with Crippen molar-refractivity contribution < 1.29 is 9.50 Å². The van der Waals surface area contributed by atoms with Crippen LogP contribution in [0.4, 0.5) is 4.39 Å². The van der Waals surface area contributed by atoms with Crippen LogP contribution in [-0.4, -0.2) is 14.9 Å². The first-order valence-corrected chi connectivity index (χ1v) is 7.69. The van der Waals surface area contributed by atoms with Crippen LogP contribution in [0.3, 0.4) is 0 Å². The Morgan fingerprint density at radius 3 is 2.81 bits per heavy atom. The van der Waals surface area contributed by atoms with Gasteiger partial charge in [0.25, 0.3) is 0 Å². The number of nitrogens with zero attached hydrogens (tertiary/aromatic N) is 2. The molecule has 0 saturated heterocycles. The summed E-state index contributed by atoms with van der Waals surface area (Å²) in [7, 11) is 0. The van der Waals surface area contributed by atoms with Crippen LogP contribution in [0.1, 0.15) is 49.1 Å². The van der Waals surface area contributed by atoms with E-state index in [0.29, 0.717) is 6.04 Å². The summed E-state index contributed by atoms with van der Waals surface area (Å²) in [6.07, 6.45) is 6.03. The third kappa shape index (κ3) is 3.11. The van der Waals surface area contributed by atoms with E-state index in [1.807, 2.05) is 16.9 Å². The highest BCUT2D eigenvalue weighted by atomic mass is 35.5. The first-order valence-electron chi connectivity index (χ1n) is 7.31. The standard InChI is InChI=1S/C16H18ClFN2O/c17-13-6-3-7-14(18)16(13)15(21)10-11-8-9-20(19-11)12-4-1-2-5-12/h3,6-9,12,15,21H,1-2,4-5,10H2. The minimum atomic E-state index is -0.981. The summed E-state index contributed by atoms with van der Waals surface area (Å²) < 4.78 is 15.8. The van der Waals surface area contributed by atoms with Crippen molar-refractivity contribution >= 4 is 11.6 Å². The van der Waals surface area contributed by atoms with E-state index in [0.717, 1.165) is 18.5 Å². The van der Waals surface area contributed by atoms with Crippen molar-refractivity contribution in [1.29, 1.82) is 0 Å². The van der Waals surface area contributed by atoms with Gasteiger partial charge >= 0.3 is 0 Å². The van der Waals surface area contributed by atoms with Crippen LogP contribution in [0.15, 0.2) is 30.5 Å². The number of benzene rings is 1. The van der Waals surface area contributed by atoms with E-state index in [4.69, 9.17) is 11.6 Å². The molecule has 1 aromatic carbocycles. The van der Waals surface area contributed by atoms with E-state index in [2.05, 4.69) is 5.10 Å². The fourth-order valence-electron chi connectivity index (χ4n) is 2.99. The molecule has 1 fully saturated rings. The number of halogens is 2. The summed E-state index contributed by atoms with van der Waals surface area (Å²) in [4.78, 5) is 0. The average molecular weight is 309 g/mol. The average Bonchev–Trinajstić information content (AvgIpc) is 3.08. The summed E-state index contributed by atoms with van der Waals surface area (Å²) >= 11 is 5.97. The molecule has 5 heteroatoms. The van der Waals surface area contributed by atoms with Gasteiger partial charge in [0, 0.05) is 23.2 Å². The Hall–Kier alpha value is -1.39. The topological polar surface area (TPSA) is 38.0 Å². The van der Waals surface area contributed by atoms with Crippen LogP contribution in [-0.2, 0) is 6.42 Å². The fourth-order valence-corrected chi connectivity index (χ4v) is 3.28. The monoisotopic (exact) mass is 308 g/mol. The molecule has 1 aliphatic rings. The largest absolute Gasteiger partial charge is 0.388 e. The SMILES string of the molecule is OC(Cc1ccn(C2CCCC2)n1)c1c(F)cccc1Cl. The molecule has 1 atom stereocenters. The van der Waals surface area contributed by atoms with Gasteiger partial charge in [-0.2, -0.15) is 5.10 Å². The third-order valence-electron chi connectivity index (χ3n) is 4.10. The third-order valence-corrected chi connectivity index (χ3v) is 4.43. The van der Waals surface area contributed by atoms with Crippen molar-refractivity contribution in [2.45, 2.75) is 44.2 Å². The summed E-state index contributed by atoms with van der Waals surface area (Å²) in [5.74, 6) is -0.481. The van der Waals surface area contributed by atoms with Crippen LogP contribution in [0.5, 0.6) is 0 Å². The molecule has 0 spiro atoms. The second-order valence-electron chi connectivity index (χ2n) is 5.58. The van der Waals surface area contributed by atoms with Gasteiger partial charge in [0.1, 0.15) is 5.82 Å². The lowest BCUT2D eigenvalue weighted by Crippen LogP contribution is -2.08. The van der Waals surface area contributed by atoms with Crippen molar-refractivity contribution in [2.24, 2.45) is 0 Å². The Morgan fingerprint density at radius 1 is 1.33 bits per heavy atom. The van der Waals surface area contributed by atoms with Gasteiger partial charge in [0.2, 0.25) is 0 Å². The lowest BCUT2D eigenvalue weighted by molar-refractivity contribution is 0.172. The normalized spacial score (nSPS) is 17.3. The number of aromatic nitrogens is 2. The number of hydrogen-bond donors (Lipinski definition) is 1. The van der Waals surface area contributed by atoms with E-state index in [9.17, 15) is 9.50 Å². The molecule has 1 aliphatic carbocycles. The van der Waals surface area contributed by atoms with Crippen molar-refractivity contribution in [3.8, 4) is 0 Å². The molecule has 1 unspecified atom stereocenters. The van der Waals surface area contributed by atoms with Gasteiger partial charge in [0.05, 0.1) is 17.8 Å². The molecule has 21 heavy (non-hydrogen) atoms. The lowest BCUT2D eigenvalue weighted by atomic mass is 10.0. The molecule has 0 amide bonds. The summed E-state index contributed by atoms with van der Waals surface area (Å²) in [5, 5.41) is 15.0. The van der Waals surface area contributed by atoms with Gasteiger partial charge in [-0.1, -0.05) is 30.5 Å². The molecule has 0 bridgehead atoms. The van der Waals surface area contributed by atoms with E-state index in [1.165, 1.54) is 25.0 Å². The number of aliphatic hydroxyl groups excluding tert-OH is 1. The molecule has 0 radical (unpaired) electrons. The van der Waals surface area contributed by atoms with Gasteiger partial charge in [-0.25, -0.2) is 4.39 Å². The molecule has 1 N–H and O–H groups in total. The number of aliphatic hydroxyl groups is 1. The maximum atomic E-state index is 13.8. The first-order chi connectivity index (χ1) is 10.1. The number of rotatable bonds is 4. The minimum absolute atomic E-state index is 0.148. The molecule has 3 nitrogen and oxygen atoms in total. The van der Waals surface area contributed by atoms with Crippen molar-refractivity contribution in [3.63, 3.8) is 0 Å². The van der Waals surface area contributed by atoms with Gasteiger partial charge < -0.3 is 5.11 Å². The zero-order valence-electron chi connectivity index (χ0n) is 11.7. The predicted octanol–water partition coefficient (Wildman–Crippen LogP) is 4.07. The van der Waals surface area contributed by atoms with Crippen molar-refractivity contribution in [3.05, 3.63) is 52.6 Å². The van der Waals surface area contributed by atoms with Crippen LogP contribution in [0.25, 0.3) is 0 Å². The van der Waals surface area contributed by atoms with E-state index in [1.54, 1.807) is 6.07 Å². The summed E-state index contributed by atoms with van der Waals surface area (Å²) in [5.41, 5.74) is 0.906. The Morgan fingerprint density at radius 2 is 2.10 bits per heavy atom. The molecule has 2 aromatic rings. The Balaban J connectivity index is 1.74. The second kappa shape index (κ2) is 6.16. The van der Waals surface area contributed by atoms with Gasteiger partial charge in [-0.15, -0.1) is 0 Å².